The van der Waals surface area contributed by atoms with E-state index in [2.05, 4.69) is 10.6 Å². The van der Waals surface area contributed by atoms with Gasteiger partial charge in [-0.25, -0.2) is 8.78 Å². The zero-order valence-corrected chi connectivity index (χ0v) is 10.2. The summed E-state index contributed by atoms with van der Waals surface area (Å²) in [6, 6.07) is 3.18. The molecule has 1 amide bonds. The molecule has 2 unspecified atom stereocenters. The second-order valence-electron chi connectivity index (χ2n) is 4.64. The summed E-state index contributed by atoms with van der Waals surface area (Å²) >= 11 is 0. The molecule has 3 nitrogen and oxygen atoms in total. The SMILES string of the molecule is CC(NC(=O)c1ccc(F)c(F)c1)C1CCNC1. The normalized spacial score (nSPS) is 20.7. The van der Waals surface area contributed by atoms with Gasteiger partial charge in [-0.1, -0.05) is 0 Å². The lowest BCUT2D eigenvalue weighted by atomic mass is 10.0. The molecule has 1 fully saturated rings. The molecule has 0 spiro atoms. The molecule has 0 aliphatic carbocycles. The Hall–Kier alpha value is -1.49. The summed E-state index contributed by atoms with van der Waals surface area (Å²) in [5, 5.41) is 6.04. The summed E-state index contributed by atoms with van der Waals surface area (Å²) in [4.78, 5) is 11.9. The lowest BCUT2D eigenvalue weighted by Crippen LogP contribution is -2.38. The van der Waals surface area contributed by atoms with Gasteiger partial charge < -0.3 is 10.6 Å². The molecule has 0 saturated carbocycles. The van der Waals surface area contributed by atoms with E-state index >= 15 is 0 Å². The van der Waals surface area contributed by atoms with Crippen LogP contribution in [-0.2, 0) is 0 Å². The van der Waals surface area contributed by atoms with Crippen molar-refractivity contribution in [2.45, 2.75) is 19.4 Å². The number of nitrogens with one attached hydrogen (secondary N) is 2. The van der Waals surface area contributed by atoms with Crippen LogP contribution in [0.5, 0.6) is 0 Å². The van der Waals surface area contributed by atoms with Crippen molar-refractivity contribution >= 4 is 5.91 Å². The Morgan fingerprint density at radius 3 is 2.83 bits per heavy atom. The van der Waals surface area contributed by atoms with Crippen LogP contribution in [0.3, 0.4) is 0 Å². The maximum atomic E-state index is 13.0. The number of hydrogen-bond acceptors (Lipinski definition) is 2. The summed E-state index contributed by atoms with van der Waals surface area (Å²) in [5.74, 6) is -1.93. The van der Waals surface area contributed by atoms with Gasteiger partial charge in [0.05, 0.1) is 0 Å². The Bertz CT molecular complexity index is 445. The van der Waals surface area contributed by atoms with Gasteiger partial charge in [0, 0.05) is 11.6 Å². The average molecular weight is 254 g/mol. The molecular formula is C13H16F2N2O. The van der Waals surface area contributed by atoms with Gasteiger partial charge in [0.1, 0.15) is 0 Å². The molecule has 2 rings (SSSR count). The zero-order valence-electron chi connectivity index (χ0n) is 10.2. The second-order valence-corrected chi connectivity index (χ2v) is 4.64. The van der Waals surface area contributed by atoms with Crippen molar-refractivity contribution in [2.75, 3.05) is 13.1 Å². The van der Waals surface area contributed by atoms with Crippen LogP contribution in [0.2, 0.25) is 0 Å². The van der Waals surface area contributed by atoms with E-state index in [1.54, 1.807) is 0 Å². The topological polar surface area (TPSA) is 41.1 Å². The Morgan fingerprint density at radius 1 is 1.44 bits per heavy atom. The molecule has 1 saturated heterocycles. The molecular weight excluding hydrogens is 238 g/mol. The second kappa shape index (κ2) is 5.44. The van der Waals surface area contributed by atoms with E-state index in [0.717, 1.165) is 31.6 Å². The number of rotatable bonds is 3. The maximum absolute atomic E-state index is 13.0. The van der Waals surface area contributed by atoms with Crippen LogP contribution in [0.15, 0.2) is 18.2 Å². The lowest BCUT2D eigenvalue weighted by Gasteiger charge is -2.19. The van der Waals surface area contributed by atoms with Crippen LogP contribution >= 0.6 is 0 Å². The van der Waals surface area contributed by atoms with E-state index in [4.69, 9.17) is 0 Å². The lowest BCUT2D eigenvalue weighted by molar-refractivity contribution is 0.0928. The van der Waals surface area contributed by atoms with Crippen molar-refractivity contribution in [3.05, 3.63) is 35.4 Å². The summed E-state index contributed by atoms with van der Waals surface area (Å²) in [6.07, 6.45) is 1.01. The number of carbonyl (C=O) groups is 1. The van der Waals surface area contributed by atoms with Crippen molar-refractivity contribution in [1.82, 2.24) is 10.6 Å². The Balaban J connectivity index is 2.00. The average Bonchev–Trinajstić information content (AvgIpc) is 2.86. The highest BCUT2D eigenvalue weighted by Gasteiger charge is 2.23. The minimum absolute atomic E-state index is 0.0145. The van der Waals surface area contributed by atoms with Gasteiger partial charge in [-0.05, 0) is 50.6 Å². The maximum Gasteiger partial charge on any atom is 0.251 e. The molecule has 0 bridgehead atoms. The molecule has 1 aliphatic rings. The van der Waals surface area contributed by atoms with E-state index in [1.165, 1.54) is 6.07 Å². The van der Waals surface area contributed by atoms with Gasteiger partial charge in [0.15, 0.2) is 11.6 Å². The number of amides is 1. The molecule has 1 aromatic carbocycles. The predicted molar refractivity (Wildman–Crippen MR) is 64.3 cm³/mol. The van der Waals surface area contributed by atoms with Gasteiger partial charge in [-0.2, -0.15) is 0 Å². The summed E-state index contributed by atoms with van der Waals surface area (Å²) < 4.78 is 25.8. The highest BCUT2D eigenvalue weighted by Crippen LogP contribution is 2.14. The summed E-state index contributed by atoms with van der Waals surface area (Å²) in [7, 11) is 0. The fourth-order valence-corrected chi connectivity index (χ4v) is 2.15. The molecule has 18 heavy (non-hydrogen) atoms. The number of hydrogen-bond donors (Lipinski definition) is 2. The largest absolute Gasteiger partial charge is 0.349 e. The van der Waals surface area contributed by atoms with Crippen molar-refractivity contribution < 1.29 is 13.6 Å². The van der Waals surface area contributed by atoms with Crippen LogP contribution < -0.4 is 10.6 Å². The number of carbonyl (C=O) groups excluding carboxylic acids is 1. The third-order valence-electron chi connectivity index (χ3n) is 3.35. The van der Waals surface area contributed by atoms with Gasteiger partial charge in [0.25, 0.3) is 5.91 Å². The molecule has 0 aromatic heterocycles. The van der Waals surface area contributed by atoms with Crippen LogP contribution in [0.1, 0.15) is 23.7 Å². The third-order valence-corrected chi connectivity index (χ3v) is 3.35. The highest BCUT2D eigenvalue weighted by molar-refractivity contribution is 5.94. The minimum Gasteiger partial charge on any atom is -0.349 e. The smallest absolute Gasteiger partial charge is 0.251 e. The van der Waals surface area contributed by atoms with Gasteiger partial charge in [0.2, 0.25) is 0 Å². The third kappa shape index (κ3) is 2.85. The molecule has 0 radical (unpaired) electrons. The molecule has 1 heterocycles. The van der Waals surface area contributed by atoms with Gasteiger partial charge in [-0.15, -0.1) is 0 Å². The van der Waals surface area contributed by atoms with E-state index in [1.807, 2.05) is 6.92 Å². The van der Waals surface area contributed by atoms with Crippen LogP contribution in [0, 0.1) is 17.6 Å². The van der Waals surface area contributed by atoms with Crippen LogP contribution in [0.25, 0.3) is 0 Å². The summed E-state index contributed by atoms with van der Waals surface area (Å²) in [5.41, 5.74) is 0.145. The first-order valence-corrected chi connectivity index (χ1v) is 6.04. The first-order chi connectivity index (χ1) is 8.58. The van der Waals surface area contributed by atoms with E-state index in [-0.39, 0.29) is 17.5 Å². The minimum atomic E-state index is -1.00. The van der Waals surface area contributed by atoms with Crippen molar-refractivity contribution in [1.29, 1.82) is 0 Å². The number of halogens is 2. The van der Waals surface area contributed by atoms with Gasteiger partial charge in [-0.3, -0.25) is 4.79 Å². The molecule has 2 N–H and O–H groups in total. The first kappa shape index (κ1) is 13.0. The standard InChI is InChI=1S/C13H16F2N2O/c1-8(10-4-5-16-7-10)17-13(18)9-2-3-11(14)12(15)6-9/h2-3,6,8,10,16H,4-5,7H2,1H3,(H,17,18). The fraction of sp³-hybridized carbons (Fsp3) is 0.462. The molecule has 5 heteroatoms. The van der Waals surface area contributed by atoms with E-state index in [0.29, 0.717) is 5.92 Å². The molecule has 2 atom stereocenters. The van der Waals surface area contributed by atoms with Gasteiger partial charge >= 0.3 is 0 Å². The zero-order chi connectivity index (χ0) is 13.1. The Labute approximate surface area is 105 Å². The van der Waals surface area contributed by atoms with Crippen LogP contribution in [-0.4, -0.2) is 25.0 Å². The molecule has 1 aliphatic heterocycles. The predicted octanol–water partition coefficient (Wildman–Crippen LogP) is 1.69. The Morgan fingerprint density at radius 2 is 2.22 bits per heavy atom. The van der Waals surface area contributed by atoms with E-state index in [9.17, 15) is 13.6 Å². The van der Waals surface area contributed by atoms with Crippen molar-refractivity contribution in [3.8, 4) is 0 Å². The monoisotopic (exact) mass is 254 g/mol. The van der Waals surface area contributed by atoms with Crippen molar-refractivity contribution in [2.24, 2.45) is 5.92 Å². The fourth-order valence-electron chi connectivity index (χ4n) is 2.15. The Kier molecular flexibility index (Phi) is 3.91. The first-order valence-electron chi connectivity index (χ1n) is 6.04. The highest BCUT2D eigenvalue weighted by atomic mass is 19.2. The van der Waals surface area contributed by atoms with Crippen LogP contribution in [0.4, 0.5) is 8.78 Å². The summed E-state index contributed by atoms with van der Waals surface area (Å²) in [6.45, 7) is 3.75. The molecule has 98 valence electrons. The quantitative estimate of drug-likeness (QED) is 0.862. The van der Waals surface area contributed by atoms with E-state index < -0.39 is 11.6 Å². The molecule has 1 aromatic rings. The van der Waals surface area contributed by atoms with Crippen molar-refractivity contribution in [3.63, 3.8) is 0 Å². The number of benzene rings is 1.